The van der Waals surface area contributed by atoms with Crippen LogP contribution >= 0.6 is 11.6 Å². The molecule has 3 aromatic rings. The Labute approximate surface area is 156 Å². The molecule has 0 radical (unpaired) electrons. The molecule has 5 nitrogen and oxygen atoms in total. The first-order valence-corrected chi connectivity index (χ1v) is 9.23. The summed E-state index contributed by atoms with van der Waals surface area (Å²) in [7, 11) is 0. The van der Waals surface area contributed by atoms with E-state index in [9.17, 15) is 4.79 Å². The van der Waals surface area contributed by atoms with E-state index in [1.165, 1.54) is 12.8 Å². The third-order valence-electron chi connectivity index (χ3n) is 4.65. The number of fused-ring (bicyclic) bond motifs is 1. The number of rotatable bonds is 5. The number of amides is 1. The monoisotopic (exact) mass is 369 g/mol. The van der Waals surface area contributed by atoms with E-state index in [1.54, 1.807) is 0 Å². The number of aromatic nitrogens is 2. The minimum Gasteiger partial charge on any atom is -0.368 e. The Balaban J connectivity index is 1.47. The van der Waals surface area contributed by atoms with Gasteiger partial charge in [0.15, 0.2) is 0 Å². The van der Waals surface area contributed by atoms with Crippen LogP contribution in [0.5, 0.6) is 0 Å². The van der Waals surface area contributed by atoms with Gasteiger partial charge in [-0.3, -0.25) is 4.79 Å². The first-order valence-electron chi connectivity index (χ1n) is 8.85. The predicted molar refractivity (Wildman–Crippen MR) is 103 cm³/mol. The molecule has 2 N–H and O–H groups in total. The molecule has 1 aliphatic carbocycles. The van der Waals surface area contributed by atoms with Crippen LogP contribution in [0.4, 0.5) is 5.69 Å². The van der Waals surface area contributed by atoms with Crippen molar-refractivity contribution in [1.82, 2.24) is 9.97 Å². The van der Waals surface area contributed by atoms with Gasteiger partial charge >= 0.3 is 0 Å². The van der Waals surface area contributed by atoms with Crippen LogP contribution in [0, 0.1) is 0 Å². The van der Waals surface area contributed by atoms with Crippen molar-refractivity contribution in [3.8, 4) is 11.4 Å². The molecule has 2 aromatic carbocycles. The number of anilines is 1. The minimum absolute atomic E-state index is 0.0938. The first-order chi connectivity index (χ1) is 12.7. The van der Waals surface area contributed by atoms with E-state index in [0.29, 0.717) is 16.5 Å². The maximum atomic E-state index is 12.1. The van der Waals surface area contributed by atoms with Gasteiger partial charge in [0.25, 0.3) is 0 Å². The number of aromatic amines is 1. The van der Waals surface area contributed by atoms with E-state index in [-0.39, 0.29) is 18.6 Å². The molecule has 134 valence electrons. The third-order valence-corrected chi connectivity index (χ3v) is 4.98. The number of ether oxygens (including phenoxy) is 1. The quantitative estimate of drug-likeness (QED) is 0.680. The number of halogens is 1. The van der Waals surface area contributed by atoms with Gasteiger partial charge in [0.1, 0.15) is 12.4 Å². The topological polar surface area (TPSA) is 67.0 Å². The van der Waals surface area contributed by atoms with Gasteiger partial charge in [0, 0.05) is 11.3 Å². The van der Waals surface area contributed by atoms with Crippen LogP contribution in [0.25, 0.3) is 22.4 Å². The van der Waals surface area contributed by atoms with Crippen LogP contribution in [-0.4, -0.2) is 28.6 Å². The van der Waals surface area contributed by atoms with Gasteiger partial charge in [-0.2, -0.15) is 0 Å². The van der Waals surface area contributed by atoms with E-state index in [4.69, 9.17) is 16.3 Å². The van der Waals surface area contributed by atoms with Gasteiger partial charge in [-0.25, -0.2) is 4.98 Å². The highest BCUT2D eigenvalue weighted by Crippen LogP contribution is 2.28. The summed E-state index contributed by atoms with van der Waals surface area (Å²) in [5.41, 5.74) is 3.22. The zero-order valence-electron chi connectivity index (χ0n) is 14.3. The van der Waals surface area contributed by atoms with Gasteiger partial charge in [0.2, 0.25) is 5.91 Å². The van der Waals surface area contributed by atoms with E-state index in [1.807, 2.05) is 42.5 Å². The largest absolute Gasteiger partial charge is 0.368 e. The fourth-order valence-electron chi connectivity index (χ4n) is 3.31. The molecule has 0 aliphatic heterocycles. The summed E-state index contributed by atoms with van der Waals surface area (Å²) in [5, 5.41) is 3.52. The van der Waals surface area contributed by atoms with Crippen molar-refractivity contribution < 1.29 is 9.53 Å². The number of carbonyl (C=O) groups excluding carboxylic acids is 1. The molecule has 0 saturated heterocycles. The van der Waals surface area contributed by atoms with E-state index in [2.05, 4.69) is 15.3 Å². The lowest BCUT2D eigenvalue weighted by Gasteiger charge is -2.11. The molecule has 6 heteroatoms. The Morgan fingerprint density at radius 2 is 2.04 bits per heavy atom. The van der Waals surface area contributed by atoms with Gasteiger partial charge < -0.3 is 15.0 Å². The summed E-state index contributed by atoms with van der Waals surface area (Å²) in [6, 6.07) is 13.1. The lowest BCUT2D eigenvalue weighted by Crippen LogP contribution is -2.21. The number of nitrogens with zero attached hydrogens (tertiary/aromatic N) is 1. The number of H-pyrrole nitrogens is 1. The van der Waals surface area contributed by atoms with Crippen molar-refractivity contribution in [1.29, 1.82) is 0 Å². The van der Waals surface area contributed by atoms with E-state index >= 15 is 0 Å². The molecule has 1 fully saturated rings. The molecular weight excluding hydrogens is 350 g/mol. The predicted octanol–water partition coefficient (Wildman–Crippen LogP) is 4.78. The standard InChI is InChI=1S/C20H20ClN3O2/c21-16-8-4-3-7-15(16)20-23-17-10-9-13(11-18(17)24-20)22-19(25)12-26-14-5-1-2-6-14/h3-4,7-11,14H,1-2,5-6,12H2,(H,22,25)(H,23,24). The zero-order valence-corrected chi connectivity index (χ0v) is 15.1. The molecule has 1 aliphatic rings. The maximum absolute atomic E-state index is 12.1. The molecule has 26 heavy (non-hydrogen) atoms. The van der Waals surface area contributed by atoms with Crippen LogP contribution < -0.4 is 5.32 Å². The Hall–Kier alpha value is -2.37. The average Bonchev–Trinajstić information content (AvgIpc) is 3.29. The molecule has 0 bridgehead atoms. The number of imidazole rings is 1. The van der Waals surface area contributed by atoms with Crippen molar-refractivity contribution in [2.75, 3.05) is 11.9 Å². The molecular formula is C20H20ClN3O2. The third kappa shape index (κ3) is 3.74. The van der Waals surface area contributed by atoms with Gasteiger partial charge in [-0.1, -0.05) is 36.6 Å². The van der Waals surface area contributed by atoms with E-state index in [0.717, 1.165) is 29.4 Å². The number of hydrogen-bond donors (Lipinski definition) is 2. The summed E-state index contributed by atoms with van der Waals surface area (Å²) in [6.45, 7) is 0.0938. The fraction of sp³-hybridized carbons (Fsp3) is 0.300. The van der Waals surface area contributed by atoms with Crippen molar-refractivity contribution in [2.45, 2.75) is 31.8 Å². The maximum Gasteiger partial charge on any atom is 0.250 e. The second-order valence-electron chi connectivity index (χ2n) is 6.56. The summed E-state index contributed by atoms with van der Waals surface area (Å²) < 4.78 is 5.65. The fourth-order valence-corrected chi connectivity index (χ4v) is 3.54. The summed E-state index contributed by atoms with van der Waals surface area (Å²) in [4.78, 5) is 19.9. The normalized spacial score (nSPS) is 14.8. The first kappa shape index (κ1) is 17.1. The summed E-state index contributed by atoms with van der Waals surface area (Å²) >= 11 is 6.24. The van der Waals surface area contributed by atoms with Crippen LogP contribution in [0.2, 0.25) is 5.02 Å². The highest BCUT2D eigenvalue weighted by atomic mass is 35.5. The summed E-state index contributed by atoms with van der Waals surface area (Å²) in [5.74, 6) is 0.570. The van der Waals surface area contributed by atoms with Crippen LogP contribution in [0.1, 0.15) is 25.7 Å². The van der Waals surface area contributed by atoms with Gasteiger partial charge in [0.05, 0.1) is 22.2 Å². The minimum atomic E-state index is -0.137. The molecule has 1 aromatic heterocycles. The van der Waals surface area contributed by atoms with Crippen LogP contribution in [0.15, 0.2) is 42.5 Å². The molecule has 1 heterocycles. The zero-order chi connectivity index (χ0) is 17.9. The second kappa shape index (κ2) is 7.48. The average molecular weight is 370 g/mol. The number of hydrogen-bond acceptors (Lipinski definition) is 3. The highest BCUT2D eigenvalue weighted by molar-refractivity contribution is 6.33. The summed E-state index contributed by atoms with van der Waals surface area (Å²) in [6.07, 6.45) is 4.72. The van der Waals surface area contributed by atoms with E-state index < -0.39 is 0 Å². The number of nitrogens with one attached hydrogen (secondary N) is 2. The smallest absolute Gasteiger partial charge is 0.250 e. The van der Waals surface area contributed by atoms with Crippen molar-refractivity contribution in [3.63, 3.8) is 0 Å². The van der Waals surface area contributed by atoms with Crippen molar-refractivity contribution >= 4 is 34.2 Å². The highest BCUT2D eigenvalue weighted by Gasteiger charge is 2.17. The van der Waals surface area contributed by atoms with Crippen molar-refractivity contribution in [2.24, 2.45) is 0 Å². The Bertz CT molecular complexity index is 932. The molecule has 0 atom stereocenters. The SMILES string of the molecule is O=C(COC1CCCC1)Nc1ccc2nc(-c3ccccc3Cl)[nH]c2c1. The van der Waals surface area contributed by atoms with Crippen LogP contribution in [0.3, 0.4) is 0 Å². The Morgan fingerprint density at radius 1 is 1.23 bits per heavy atom. The van der Waals surface area contributed by atoms with Gasteiger partial charge in [-0.05, 0) is 43.2 Å². The molecule has 1 amide bonds. The van der Waals surface area contributed by atoms with Crippen LogP contribution in [-0.2, 0) is 9.53 Å². The van der Waals surface area contributed by atoms with Gasteiger partial charge in [-0.15, -0.1) is 0 Å². The number of benzene rings is 2. The Morgan fingerprint density at radius 3 is 2.85 bits per heavy atom. The molecule has 0 spiro atoms. The lowest BCUT2D eigenvalue weighted by atomic mass is 10.2. The molecule has 0 unspecified atom stereocenters. The second-order valence-corrected chi connectivity index (χ2v) is 6.97. The Kier molecular flexibility index (Phi) is 4.91. The lowest BCUT2D eigenvalue weighted by molar-refractivity contribution is -0.122. The molecule has 4 rings (SSSR count). The van der Waals surface area contributed by atoms with Crippen molar-refractivity contribution in [3.05, 3.63) is 47.5 Å². The molecule has 1 saturated carbocycles. The number of carbonyl (C=O) groups is 1.